The van der Waals surface area contributed by atoms with Crippen LogP contribution in [0.5, 0.6) is 0 Å². The molecule has 104 valence electrons. The first-order chi connectivity index (χ1) is 8.89. The number of carbonyl (C=O) groups excluding carboxylic acids is 1. The van der Waals surface area contributed by atoms with Gasteiger partial charge in [-0.05, 0) is 30.4 Å². The second kappa shape index (κ2) is 5.19. The molecule has 19 heavy (non-hydrogen) atoms. The van der Waals surface area contributed by atoms with E-state index in [1.807, 2.05) is 0 Å². The maximum absolute atomic E-state index is 13.6. The zero-order chi connectivity index (χ0) is 14.0. The van der Waals surface area contributed by atoms with Crippen LogP contribution in [0, 0.1) is 5.82 Å². The summed E-state index contributed by atoms with van der Waals surface area (Å²) in [5, 5.41) is 0. The second-order valence-electron chi connectivity index (χ2n) is 4.59. The Morgan fingerprint density at radius 1 is 1.16 bits per heavy atom. The van der Waals surface area contributed by atoms with Crippen molar-refractivity contribution in [3.8, 4) is 0 Å². The molecule has 1 saturated heterocycles. The van der Waals surface area contributed by atoms with Crippen LogP contribution in [0.15, 0.2) is 24.3 Å². The van der Waals surface area contributed by atoms with Crippen LogP contribution in [-0.4, -0.2) is 30.1 Å². The molecule has 0 spiro atoms. The van der Waals surface area contributed by atoms with Crippen LogP contribution < -0.4 is 0 Å². The number of halogens is 4. The Hall–Kier alpha value is -1.59. The third kappa shape index (κ3) is 3.05. The van der Waals surface area contributed by atoms with Gasteiger partial charge in [-0.25, -0.2) is 4.39 Å². The van der Waals surface area contributed by atoms with Gasteiger partial charge < -0.3 is 4.90 Å². The molecule has 1 heterocycles. The molecule has 0 saturated carbocycles. The molecule has 1 aromatic rings. The molecule has 0 unspecified atom stereocenters. The number of alkyl halides is 3. The van der Waals surface area contributed by atoms with Crippen LogP contribution in [-0.2, 0) is 4.79 Å². The van der Waals surface area contributed by atoms with Crippen molar-refractivity contribution in [1.82, 2.24) is 4.90 Å². The average Bonchev–Trinajstić information content (AvgIpc) is 2.38. The van der Waals surface area contributed by atoms with Gasteiger partial charge in [0.15, 0.2) is 0 Å². The Morgan fingerprint density at radius 3 is 2.26 bits per heavy atom. The Morgan fingerprint density at radius 2 is 1.74 bits per heavy atom. The highest BCUT2D eigenvalue weighted by atomic mass is 19.4. The summed E-state index contributed by atoms with van der Waals surface area (Å²) in [7, 11) is 0. The van der Waals surface area contributed by atoms with Crippen molar-refractivity contribution in [1.29, 1.82) is 0 Å². The topological polar surface area (TPSA) is 20.3 Å². The van der Waals surface area contributed by atoms with Gasteiger partial charge in [0.25, 0.3) is 0 Å². The lowest BCUT2D eigenvalue weighted by atomic mass is 9.89. The van der Waals surface area contributed by atoms with E-state index < -0.39 is 12.1 Å². The monoisotopic (exact) mass is 275 g/mol. The molecule has 0 aliphatic carbocycles. The summed E-state index contributed by atoms with van der Waals surface area (Å²) in [6, 6.07) is 6.25. The molecule has 1 fully saturated rings. The van der Waals surface area contributed by atoms with Gasteiger partial charge in [-0.1, -0.05) is 18.2 Å². The van der Waals surface area contributed by atoms with E-state index in [2.05, 4.69) is 0 Å². The molecule has 0 bridgehead atoms. The van der Waals surface area contributed by atoms with E-state index in [9.17, 15) is 22.4 Å². The van der Waals surface area contributed by atoms with E-state index in [-0.39, 0.29) is 24.8 Å². The highest BCUT2D eigenvalue weighted by molar-refractivity contribution is 5.81. The quantitative estimate of drug-likeness (QED) is 0.721. The normalized spacial score (nSPS) is 17.6. The predicted octanol–water partition coefficient (Wildman–Crippen LogP) is 3.09. The van der Waals surface area contributed by atoms with Crippen molar-refractivity contribution in [2.75, 3.05) is 13.1 Å². The van der Waals surface area contributed by atoms with Crippen molar-refractivity contribution < 1.29 is 22.4 Å². The summed E-state index contributed by atoms with van der Waals surface area (Å²) in [6.45, 7) is 0.0225. The maximum atomic E-state index is 13.6. The number of piperidine rings is 1. The van der Waals surface area contributed by atoms with Gasteiger partial charge in [0, 0.05) is 13.1 Å². The van der Waals surface area contributed by atoms with Gasteiger partial charge in [-0.3, -0.25) is 4.79 Å². The lowest BCUT2D eigenvalue weighted by molar-refractivity contribution is -0.186. The zero-order valence-corrected chi connectivity index (χ0v) is 10.1. The molecule has 2 nitrogen and oxygen atoms in total. The molecule has 1 aliphatic heterocycles. The van der Waals surface area contributed by atoms with Gasteiger partial charge in [0.1, 0.15) is 5.82 Å². The lowest BCUT2D eigenvalue weighted by Crippen LogP contribution is -2.45. The van der Waals surface area contributed by atoms with E-state index in [1.165, 1.54) is 6.07 Å². The molecular formula is C13H13F4NO. The number of rotatable bonds is 1. The Kier molecular flexibility index (Phi) is 3.78. The molecule has 0 atom stereocenters. The largest absolute Gasteiger partial charge is 0.471 e. The first-order valence-electron chi connectivity index (χ1n) is 6.00. The van der Waals surface area contributed by atoms with E-state index in [0.717, 1.165) is 4.90 Å². The van der Waals surface area contributed by atoms with Crippen molar-refractivity contribution >= 4 is 5.91 Å². The molecule has 6 heteroatoms. The maximum Gasteiger partial charge on any atom is 0.471 e. The zero-order valence-electron chi connectivity index (χ0n) is 10.1. The fourth-order valence-electron chi connectivity index (χ4n) is 2.38. The van der Waals surface area contributed by atoms with Crippen molar-refractivity contribution in [3.05, 3.63) is 35.6 Å². The highest BCUT2D eigenvalue weighted by Crippen LogP contribution is 2.31. The predicted molar refractivity (Wildman–Crippen MR) is 61.0 cm³/mol. The van der Waals surface area contributed by atoms with Crippen LogP contribution >= 0.6 is 0 Å². The fraction of sp³-hybridized carbons (Fsp3) is 0.462. The smallest absolute Gasteiger partial charge is 0.335 e. The standard InChI is InChI=1S/C13H13F4NO/c14-11-4-2-1-3-10(11)9-5-7-18(8-6-9)12(19)13(15,16)17/h1-4,9H,5-8H2. The number of amides is 1. The minimum absolute atomic E-state index is 0.0113. The molecule has 1 aromatic carbocycles. The van der Waals surface area contributed by atoms with Gasteiger partial charge in [0.2, 0.25) is 0 Å². The minimum atomic E-state index is -4.83. The Bertz CT molecular complexity index is 464. The number of nitrogens with zero attached hydrogens (tertiary/aromatic N) is 1. The molecule has 0 radical (unpaired) electrons. The van der Waals surface area contributed by atoms with Crippen molar-refractivity contribution in [2.24, 2.45) is 0 Å². The van der Waals surface area contributed by atoms with E-state index >= 15 is 0 Å². The number of hydrogen-bond acceptors (Lipinski definition) is 1. The number of hydrogen-bond donors (Lipinski definition) is 0. The number of likely N-dealkylation sites (tertiary alicyclic amines) is 1. The summed E-state index contributed by atoms with van der Waals surface area (Å²) in [5.41, 5.74) is 0.515. The van der Waals surface area contributed by atoms with Crippen LogP contribution in [0.1, 0.15) is 24.3 Å². The van der Waals surface area contributed by atoms with E-state index in [1.54, 1.807) is 18.2 Å². The first kappa shape index (κ1) is 13.8. The SMILES string of the molecule is O=C(N1CCC(c2ccccc2F)CC1)C(F)(F)F. The molecule has 1 amide bonds. The van der Waals surface area contributed by atoms with E-state index in [0.29, 0.717) is 18.4 Å². The summed E-state index contributed by atoms with van der Waals surface area (Å²) in [6.07, 6.45) is -4.13. The first-order valence-corrected chi connectivity index (χ1v) is 6.00. The Labute approximate surface area is 108 Å². The third-order valence-electron chi connectivity index (χ3n) is 3.37. The second-order valence-corrected chi connectivity index (χ2v) is 4.59. The molecule has 2 rings (SSSR count). The minimum Gasteiger partial charge on any atom is -0.335 e. The van der Waals surface area contributed by atoms with E-state index in [4.69, 9.17) is 0 Å². The van der Waals surface area contributed by atoms with Crippen LogP contribution in [0.4, 0.5) is 17.6 Å². The van der Waals surface area contributed by atoms with Gasteiger partial charge >= 0.3 is 12.1 Å². The summed E-state index contributed by atoms with van der Waals surface area (Å²) in [4.78, 5) is 11.8. The molecule has 0 aromatic heterocycles. The van der Waals surface area contributed by atoms with Gasteiger partial charge in [-0.15, -0.1) is 0 Å². The number of carbonyl (C=O) groups is 1. The van der Waals surface area contributed by atoms with Crippen LogP contribution in [0.2, 0.25) is 0 Å². The third-order valence-corrected chi connectivity index (χ3v) is 3.37. The van der Waals surface area contributed by atoms with Crippen molar-refractivity contribution in [3.63, 3.8) is 0 Å². The molecular weight excluding hydrogens is 262 g/mol. The average molecular weight is 275 g/mol. The van der Waals surface area contributed by atoms with Gasteiger partial charge in [0.05, 0.1) is 0 Å². The van der Waals surface area contributed by atoms with Crippen LogP contribution in [0.3, 0.4) is 0 Å². The lowest BCUT2D eigenvalue weighted by Gasteiger charge is -2.32. The molecule has 0 N–H and O–H groups in total. The summed E-state index contributed by atoms with van der Waals surface area (Å²) in [5.74, 6) is -2.28. The summed E-state index contributed by atoms with van der Waals surface area (Å²) >= 11 is 0. The van der Waals surface area contributed by atoms with Crippen LogP contribution in [0.25, 0.3) is 0 Å². The highest BCUT2D eigenvalue weighted by Gasteiger charge is 2.43. The van der Waals surface area contributed by atoms with Crippen molar-refractivity contribution in [2.45, 2.75) is 24.9 Å². The fourth-order valence-corrected chi connectivity index (χ4v) is 2.38. The summed E-state index contributed by atoms with van der Waals surface area (Å²) < 4.78 is 50.4. The van der Waals surface area contributed by atoms with Gasteiger partial charge in [-0.2, -0.15) is 13.2 Å². The molecule has 1 aliphatic rings. The Balaban J connectivity index is 2.00. The number of benzene rings is 1.